The SMILES string of the molecule is C=CCN(CC=C)C(=O)CN(C)C1CC2CCC(C1)N2. The molecular weight excluding hydrogens is 250 g/mol. The molecule has 2 rings (SSSR count). The first-order chi connectivity index (χ1) is 9.63. The smallest absolute Gasteiger partial charge is 0.237 e. The third-order valence-corrected chi connectivity index (χ3v) is 4.51. The molecule has 2 atom stereocenters. The highest BCUT2D eigenvalue weighted by atomic mass is 16.2. The van der Waals surface area contributed by atoms with E-state index >= 15 is 0 Å². The van der Waals surface area contributed by atoms with E-state index < -0.39 is 0 Å². The van der Waals surface area contributed by atoms with Crippen molar-refractivity contribution in [3.05, 3.63) is 25.3 Å². The second kappa shape index (κ2) is 7.04. The summed E-state index contributed by atoms with van der Waals surface area (Å²) in [6.45, 7) is 9.10. The van der Waals surface area contributed by atoms with Crippen LogP contribution in [-0.2, 0) is 4.79 Å². The Bertz CT molecular complexity index is 347. The molecule has 2 aliphatic heterocycles. The summed E-state index contributed by atoms with van der Waals surface area (Å²) >= 11 is 0. The Hall–Kier alpha value is -1.13. The van der Waals surface area contributed by atoms with Gasteiger partial charge in [-0.1, -0.05) is 12.2 Å². The van der Waals surface area contributed by atoms with Gasteiger partial charge in [0.05, 0.1) is 6.54 Å². The van der Waals surface area contributed by atoms with Crippen LogP contribution in [-0.4, -0.2) is 60.5 Å². The summed E-state index contributed by atoms with van der Waals surface area (Å²) in [6.07, 6.45) is 8.47. The largest absolute Gasteiger partial charge is 0.334 e. The zero-order valence-electron chi connectivity index (χ0n) is 12.6. The van der Waals surface area contributed by atoms with Crippen molar-refractivity contribution >= 4 is 5.91 Å². The van der Waals surface area contributed by atoms with E-state index in [2.05, 4.69) is 30.4 Å². The van der Waals surface area contributed by atoms with E-state index in [1.54, 1.807) is 17.1 Å². The zero-order chi connectivity index (χ0) is 14.5. The Labute approximate surface area is 122 Å². The van der Waals surface area contributed by atoms with Crippen LogP contribution in [0.15, 0.2) is 25.3 Å². The van der Waals surface area contributed by atoms with Gasteiger partial charge in [-0.3, -0.25) is 9.69 Å². The first kappa shape index (κ1) is 15.3. The van der Waals surface area contributed by atoms with Gasteiger partial charge in [0.1, 0.15) is 0 Å². The minimum absolute atomic E-state index is 0.165. The van der Waals surface area contributed by atoms with Crippen LogP contribution in [0.3, 0.4) is 0 Å². The lowest BCUT2D eigenvalue weighted by Gasteiger charge is -2.36. The molecule has 4 heteroatoms. The van der Waals surface area contributed by atoms with Crippen LogP contribution in [0.1, 0.15) is 25.7 Å². The van der Waals surface area contributed by atoms with Crippen molar-refractivity contribution in [2.75, 3.05) is 26.7 Å². The number of nitrogens with zero attached hydrogens (tertiary/aromatic N) is 2. The second-order valence-corrected chi connectivity index (χ2v) is 6.05. The van der Waals surface area contributed by atoms with Gasteiger partial charge in [0.25, 0.3) is 0 Å². The summed E-state index contributed by atoms with van der Waals surface area (Å²) in [5.74, 6) is 0.165. The standard InChI is InChI=1S/C16H27N3O/c1-4-8-19(9-5-2)16(20)12-18(3)15-10-13-6-7-14(11-15)17-13/h4-5,13-15,17H,1-2,6-12H2,3H3. The quantitative estimate of drug-likeness (QED) is 0.715. The van der Waals surface area contributed by atoms with E-state index in [4.69, 9.17) is 0 Å². The lowest BCUT2D eigenvalue weighted by Crippen LogP contribution is -2.49. The summed E-state index contributed by atoms with van der Waals surface area (Å²) in [4.78, 5) is 16.4. The Morgan fingerprint density at radius 3 is 2.25 bits per heavy atom. The molecule has 0 aromatic heterocycles. The molecule has 0 aromatic rings. The summed E-state index contributed by atoms with van der Waals surface area (Å²) < 4.78 is 0. The third-order valence-electron chi connectivity index (χ3n) is 4.51. The summed E-state index contributed by atoms with van der Waals surface area (Å²) in [7, 11) is 2.08. The molecule has 2 aliphatic rings. The molecule has 2 unspecified atom stereocenters. The number of fused-ring (bicyclic) bond motifs is 2. The first-order valence-corrected chi connectivity index (χ1v) is 7.60. The lowest BCUT2D eigenvalue weighted by atomic mass is 9.98. The fourth-order valence-electron chi connectivity index (χ4n) is 3.42. The first-order valence-electron chi connectivity index (χ1n) is 7.60. The second-order valence-electron chi connectivity index (χ2n) is 6.05. The summed E-state index contributed by atoms with van der Waals surface area (Å²) in [5.41, 5.74) is 0. The van der Waals surface area contributed by atoms with Crippen molar-refractivity contribution in [3.8, 4) is 0 Å². The van der Waals surface area contributed by atoms with Gasteiger partial charge in [0, 0.05) is 31.2 Å². The molecule has 2 fully saturated rings. The number of amides is 1. The van der Waals surface area contributed by atoms with E-state index in [0.29, 0.717) is 37.8 Å². The highest BCUT2D eigenvalue weighted by Gasteiger charge is 2.35. The van der Waals surface area contributed by atoms with E-state index in [1.807, 2.05) is 0 Å². The average molecular weight is 277 g/mol. The van der Waals surface area contributed by atoms with Crippen LogP contribution in [0, 0.1) is 0 Å². The summed E-state index contributed by atoms with van der Waals surface area (Å²) in [5, 5.41) is 3.64. The zero-order valence-corrected chi connectivity index (χ0v) is 12.6. The van der Waals surface area contributed by atoms with E-state index in [1.165, 1.54) is 25.7 Å². The Morgan fingerprint density at radius 2 is 1.75 bits per heavy atom. The maximum Gasteiger partial charge on any atom is 0.237 e. The van der Waals surface area contributed by atoms with Crippen LogP contribution < -0.4 is 5.32 Å². The van der Waals surface area contributed by atoms with Gasteiger partial charge in [-0.2, -0.15) is 0 Å². The molecule has 20 heavy (non-hydrogen) atoms. The number of nitrogens with one attached hydrogen (secondary N) is 1. The van der Waals surface area contributed by atoms with Gasteiger partial charge in [-0.05, 0) is 32.7 Å². The number of hydrogen-bond acceptors (Lipinski definition) is 3. The molecule has 2 bridgehead atoms. The normalized spacial score (nSPS) is 28.4. The predicted molar refractivity (Wildman–Crippen MR) is 82.6 cm³/mol. The molecule has 1 N–H and O–H groups in total. The number of carbonyl (C=O) groups excluding carboxylic acids is 1. The van der Waals surface area contributed by atoms with Crippen molar-refractivity contribution in [1.29, 1.82) is 0 Å². The van der Waals surface area contributed by atoms with Gasteiger partial charge < -0.3 is 10.2 Å². The molecule has 0 spiro atoms. The van der Waals surface area contributed by atoms with Crippen molar-refractivity contribution in [1.82, 2.24) is 15.1 Å². The van der Waals surface area contributed by atoms with Crippen LogP contribution in [0.2, 0.25) is 0 Å². The highest BCUT2D eigenvalue weighted by molar-refractivity contribution is 5.78. The van der Waals surface area contributed by atoms with Gasteiger partial charge >= 0.3 is 0 Å². The molecule has 0 aliphatic carbocycles. The number of carbonyl (C=O) groups is 1. The maximum atomic E-state index is 12.3. The number of hydrogen-bond donors (Lipinski definition) is 1. The monoisotopic (exact) mass is 277 g/mol. The van der Waals surface area contributed by atoms with Gasteiger partial charge in [0.2, 0.25) is 5.91 Å². The Morgan fingerprint density at radius 1 is 1.20 bits per heavy atom. The van der Waals surface area contributed by atoms with Crippen molar-refractivity contribution in [2.24, 2.45) is 0 Å². The summed E-state index contributed by atoms with van der Waals surface area (Å²) in [6, 6.07) is 1.86. The fourth-order valence-corrected chi connectivity index (χ4v) is 3.42. The number of piperidine rings is 1. The minimum Gasteiger partial charge on any atom is -0.334 e. The van der Waals surface area contributed by atoms with Gasteiger partial charge in [-0.25, -0.2) is 0 Å². The third kappa shape index (κ3) is 3.70. The fraction of sp³-hybridized carbons (Fsp3) is 0.688. The number of likely N-dealkylation sites (N-methyl/N-ethyl adjacent to an activating group) is 1. The molecule has 2 heterocycles. The van der Waals surface area contributed by atoms with Crippen molar-refractivity contribution in [2.45, 2.75) is 43.8 Å². The maximum absolute atomic E-state index is 12.3. The molecule has 1 amide bonds. The predicted octanol–water partition coefficient (Wildman–Crippen LogP) is 1.40. The molecule has 0 radical (unpaired) electrons. The molecule has 2 saturated heterocycles. The van der Waals surface area contributed by atoms with E-state index in [-0.39, 0.29) is 5.91 Å². The Balaban J connectivity index is 1.86. The van der Waals surface area contributed by atoms with E-state index in [0.717, 1.165) is 0 Å². The molecular formula is C16H27N3O. The van der Waals surface area contributed by atoms with E-state index in [9.17, 15) is 4.79 Å². The van der Waals surface area contributed by atoms with Gasteiger partial charge in [-0.15, -0.1) is 13.2 Å². The molecule has 4 nitrogen and oxygen atoms in total. The van der Waals surface area contributed by atoms with Crippen LogP contribution in [0.25, 0.3) is 0 Å². The number of rotatable bonds is 7. The minimum atomic E-state index is 0.165. The average Bonchev–Trinajstić information content (AvgIpc) is 2.77. The molecule has 0 saturated carbocycles. The van der Waals surface area contributed by atoms with Gasteiger partial charge in [0.15, 0.2) is 0 Å². The molecule has 112 valence electrons. The highest BCUT2D eigenvalue weighted by Crippen LogP contribution is 2.29. The van der Waals surface area contributed by atoms with Crippen molar-refractivity contribution < 1.29 is 4.79 Å². The van der Waals surface area contributed by atoms with Crippen LogP contribution in [0.5, 0.6) is 0 Å². The van der Waals surface area contributed by atoms with Crippen LogP contribution in [0.4, 0.5) is 0 Å². The topological polar surface area (TPSA) is 35.6 Å². The lowest BCUT2D eigenvalue weighted by molar-refractivity contribution is -0.131. The van der Waals surface area contributed by atoms with Crippen molar-refractivity contribution in [3.63, 3.8) is 0 Å². The van der Waals surface area contributed by atoms with Crippen LogP contribution >= 0.6 is 0 Å². The molecule has 0 aromatic carbocycles. The Kier molecular flexibility index (Phi) is 5.38.